The second kappa shape index (κ2) is 10.2. The lowest BCUT2D eigenvalue weighted by Gasteiger charge is -2.32. The Morgan fingerprint density at radius 3 is 2.28 bits per heavy atom. The number of para-hydroxylation sites is 1. The highest BCUT2D eigenvalue weighted by Gasteiger charge is 2.29. The van der Waals surface area contributed by atoms with Gasteiger partial charge in [0.15, 0.2) is 17.2 Å². The van der Waals surface area contributed by atoms with Crippen molar-refractivity contribution in [2.24, 2.45) is 0 Å². The van der Waals surface area contributed by atoms with Crippen molar-refractivity contribution in [1.29, 1.82) is 0 Å². The van der Waals surface area contributed by atoms with Crippen LogP contribution in [0.15, 0.2) is 79.0 Å². The Bertz CT molecular complexity index is 1340. The normalized spacial score (nSPS) is 14.0. The van der Waals surface area contributed by atoms with Gasteiger partial charge in [0.25, 0.3) is 5.91 Å². The molecular formula is C29H29N3O4. The monoisotopic (exact) mass is 483 g/mol. The van der Waals surface area contributed by atoms with Gasteiger partial charge in [-0.1, -0.05) is 36.4 Å². The lowest BCUT2D eigenvalue weighted by Crippen LogP contribution is -2.38. The number of benzene rings is 3. The van der Waals surface area contributed by atoms with Crippen LogP contribution in [-0.2, 0) is 0 Å². The molecule has 1 saturated heterocycles. The van der Waals surface area contributed by atoms with E-state index in [2.05, 4.69) is 0 Å². The first kappa shape index (κ1) is 23.5. The van der Waals surface area contributed by atoms with Crippen molar-refractivity contribution in [2.75, 3.05) is 27.3 Å². The molecule has 0 saturated carbocycles. The smallest absolute Gasteiger partial charge is 0.275 e. The molecule has 0 atom stereocenters. The molecule has 1 amide bonds. The Labute approximate surface area is 210 Å². The number of amides is 1. The fraction of sp³-hybridized carbons (Fsp3) is 0.241. The van der Waals surface area contributed by atoms with E-state index in [0.717, 1.165) is 29.7 Å². The van der Waals surface area contributed by atoms with Crippen molar-refractivity contribution in [1.82, 2.24) is 14.7 Å². The van der Waals surface area contributed by atoms with Crippen molar-refractivity contribution in [3.05, 3.63) is 90.3 Å². The molecule has 184 valence electrons. The topological polar surface area (TPSA) is 76.8 Å². The lowest BCUT2D eigenvalue weighted by molar-refractivity contribution is 0.0707. The molecule has 36 heavy (non-hydrogen) atoms. The molecule has 0 spiro atoms. The number of nitrogens with zero attached hydrogens (tertiary/aromatic N) is 3. The van der Waals surface area contributed by atoms with E-state index in [9.17, 15) is 9.90 Å². The number of aromatic nitrogens is 2. The first-order chi connectivity index (χ1) is 17.6. The summed E-state index contributed by atoms with van der Waals surface area (Å²) < 4.78 is 12.6. The molecule has 3 aromatic carbocycles. The third-order valence-electron chi connectivity index (χ3n) is 6.78. The Balaban J connectivity index is 1.45. The second-order valence-electron chi connectivity index (χ2n) is 8.90. The number of hydrogen-bond donors (Lipinski definition) is 1. The van der Waals surface area contributed by atoms with E-state index in [-0.39, 0.29) is 11.7 Å². The van der Waals surface area contributed by atoms with Gasteiger partial charge in [-0.15, -0.1) is 0 Å². The molecule has 0 radical (unpaired) electrons. The van der Waals surface area contributed by atoms with Gasteiger partial charge < -0.3 is 19.5 Å². The summed E-state index contributed by atoms with van der Waals surface area (Å²) in [7, 11) is 3.20. The van der Waals surface area contributed by atoms with Crippen LogP contribution in [0.5, 0.6) is 17.2 Å². The van der Waals surface area contributed by atoms with Gasteiger partial charge in [-0.3, -0.25) is 4.79 Å². The lowest BCUT2D eigenvalue weighted by atomic mass is 9.89. The molecule has 0 unspecified atom stereocenters. The number of rotatable bonds is 6. The first-order valence-corrected chi connectivity index (χ1v) is 12.0. The Morgan fingerprint density at radius 1 is 0.917 bits per heavy atom. The van der Waals surface area contributed by atoms with Crippen molar-refractivity contribution < 1.29 is 19.4 Å². The van der Waals surface area contributed by atoms with Crippen LogP contribution in [0, 0.1) is 0 Å². The van der Waals surface area contributed by atoms with Crippen LogP contribution in [0.25, 0.3) is 16.8 Å². The number of methoxy groups -OCH3 is 2. The SMILES string of the molecule is COc1ccc(-c2cn(-c3ccccc3)nc2C(=O)N2CCC(c3ccc(O)cc3)CC2)cc1OC. The van der Waals surface area contributed by atoms with Crippen molar-refractivity contribution in [3.8, 4) is 34.1 Å². The number of piperidine rings is 1. The Kier molecular flexibility index (Phi) is 6.62. The first-order valence-electron chi connectivity index (χ1n) is 12.0. The molecule has 2 heterocycles. The quantitative estimate of drug-likeness (QED) is 0.404. The number of ether oxygens (including phenoxy) is 2. The third kappa shape index (κ3) is 4.64. The Morgan fingerprint density at radius 2 is 1.61 bits per heavy atom. The van der Waals surface area contributed by atoms with E-state index in [1.807, 2.05) is 71.8 Å². The van der Waals surface area contributed by atoms with E-state index >= 15 is 0 Å². The van der Waals surface area contributed by atoms with Gasteiger partial charge in [0.05, 0.1) is 19.9 Å². The van der Waals surface area contributed by atoms with E-state index in [0.29, 0.717) is 36.2 Å². The van der Waals surface area contributed by atoms with E-state index in [1.165, 1.54) is 5.56 Å². The highest BCUT2D eigenvalue weighted by atomic mass is 16.5. The highest BCUT2D eigenvalue weighted by Crippen LogP contribution is 2.35. The maximum atomic E-state index is 13.8. The van der Waals surface area contributed by atoms with Crippen LogP contribution in [0.2, 0.25) is 0 Å². The van der Waals surface area contributed by atoms with Crippen LogP contribution in [0.1, 0.15) is 34.8 Å². The minimum Gasteiger partial charge on any atom is -0.508 e. The van der Waals surface area contributed by atoms with Gasteiger partial charge in [0, 0.05) is 24.8 Å². The van der Waals surface area contributed by atoms with Crippen LogP contribution in [0.4, 0.5) is 0 Å². The zero-order valence-electron chi connectivity index (χ0n) is 20.4. The van der Waals surface area contributed by atoms with Gasteiger partial charge >= 0.3 is 0 Å². The fourth-order valence-electron chi connectivity index (χ4n) is 4.77. The summed E-state index contributed by atoms with van der Waals surface area (Å²) in [4.78, 5) is 15.7. The van der Waals surface area contributed by atoms with Crippen molar-refractivity contribution >= 4 is 5.91 Å². The predicted octanol–water partition coefficient (Wildman–Crippen LogP) is 5.28. The summed E-state index contributed by atoms with van der Waals surface area (Å²) in [6.45, 7) is 1.29. The summed E-state index contributed by atoms with van der Waals surface area (Å²) in [5, 5.41) is 14.3. The molecule has 1 aromatic heterocycles. The maximum absolute atomic E-state index is 13.8. The molecule has 7 heteroatoms. The molecule has 0 bridgehead atoms. The van der Waals surface area contributed by atoms with E-state index < -0.39 is 0 Å². The van der Waals surface area contributed by atoms with Crippen LogP contribution < -0.4 is 9.47 Å². The minimum absolute atomic E-state index is 0.0846. The number of phenolic OH excluding ortho intramolecular Hbond substituents is 1. The van der Waals surface area contributed by atoms with Crippen LogP contribution >= 0.6 is 0 Å². The summed E-state index contributed by atoms with van der Waals surface area (Å²) in [5.74, 6) is 1.76. The van der Waals surface area contributed by atoms with Gasteiger partial charge in [0.2, 0.25) is 0 Å². The molecule has 5 rings (SSSR count). The van der Waals surface area contributed by atoms with Crippen LogP contribution in [0.3, 0.4) is 0 Å². The molecule has 7 nitrogen and oxygen atoms in total. The van der Waals surface area contributed by atoms with Crippen molar-refractivity contribution in [2.45, 2.75) is 18.8 Å². The number of hydrogen-bond acceptors (Lipinski definition) is 5. The number of phenols is 1. The fourth-order valence-corrected chi connectivity index (χ4v) is 4.77. The molecule has 1 fully saturated rings. The van der Waals surface area contributed by atoms with Gasteiger partial charge in [-0.05, 0) is 66.3 Å². The number of carbonyl (C=O) groups excluding carboxylic acids is 1. The summed E-state index contributed by atoms with van der Waals surface area (Å²) in [5.41, 5.74) is 4.06. The third-order valence-corrected chi connectivity index (χ3v) is 6.78. The summed E-state index contributed by atoms with van der Waals surface area (Å²) in [6.07, 6.45) is 3.62. The standard InChI is InChI=1S/C29H29N3O4/c1-35-26-13-10-22(18-27(26)36-2)25-19-32(23-6-4-3-5-7-23)30-28(25)29(34)31-16-14-21(15-17-31)20-8-11-24(33)12-9-20/h3-13,18-19,21,33H,14-17H2,1-2H3. The molecular weight excluding hydrogens is 454 g/mol. The molecule has 0 aliphatic carbocycles. The average Bonchev–Trinajstić information content (AvgIpc) is 3.39. The molecule has 1 aliphatic rings. The summed E-state index contributed by atoms with van der Waals surface area (Å²) >= 11 is 0. The van der Waals surface area contributed by atoms with Crippen LogP contribution in [-0.4, -0.2) is 53.0 Å². The summed E-state index contributed by atoms with van der Waals surface area (Å²) in [6, 6.07) is 22.8. The number of likely N-dealkylation sites (tertiary alicyclic amines) is 1. The van der Waals surface area contributed by atoms with Gasteiger partial charge in [-0.25, -0.2) is 4.68 Å². The number of carbonyl (C=O) groups is 1. The zero-order chi connectivity index (χ0) is 25.1. The number of aromatic hydroxyl groups is 1. The second-order valence-corrected chi connectivity index (χ2v) is 8.90. The highest BCUT2D eigenvalue weighted by molar-refractivity contribution is 5.99. The zero-order valence-corrected chi connectivity index (χ0v) is 20.4. The molecule has 1 N–H and O–H groups in total. The Hall–Kier alpha value is -4.26. The molecule has 1 aliphatic heterocycles. The van der Waals surface area contributed by atoms with Gasteiger partial charge in [0.1, 0.15) is 5.75 Å². The largest absolute Gasteiger partial charge is 0.508 e. The van der Waals surface area contributed by atoms with Crippen molar-refractivity contribution in [3.63, 3.8) is 0 Å². The van der Waals surface area contributed by atoms with Gasteiger partial charge in [-0.2, -0.15) is 5.10 Å². The maximum Gasteiger partial charge on any atom is 0.275 e. The molecule has 4 aromatic rings. The average molecular weight is 484 g/mol. The van der Waals surface area contributed by atoms with E-state index in [1.54, 1.807) is 31.0 Å². The predicted molar refractivity (Wildman–Crippen MR) is 138 cm³/mol. The minimum atomic E-state index is -0.0846. The van der Waals surface area contributed by atoms with E-state index in [4.69, 9.17) is 14.6 Å².